The fourth-order valence-corrected chi connectivity index (χ4v) is 1.21. The lowest BCUT2D eigenvalue weighted by atomic mass is 10.2. The summed E-state index contributed by atoms with van der Waals surface area (Å²) in [5, 5.41) is 11.1. The summed E-state index contributed by atoms with van der Waals surface area (Å²) >= 11 is 0. The molecule has 0 saturated carbocycles. The molecule has 0 fully saturated rings. The first-order valence-corrected chi connectivity index (χ1v) is 5.93. The van der Waals surface area contributed by atoms with Crippen molar-refractivity contribution in [1.82, 2.24) is 10.2 Å². The Morgan fingerprint density at radius 2 is 1.95 bits per heavy atom. The first-order valence-electron chi connectivity index (χ1n) is 5.93. The second kappa shape index (κ2) is 9.15. The highest BCUT2D eigenvalue weighted by Gasteiger charge is 2.18. The Balaban J connectivity index is 4.03. The molecule has 0 aliphatic heterocycles. The maximum absolute atomic E-state index is 11.6. The van der Waals surface area contributed by atoms with Crippen LogP contribution < -0.4 is 11.1 Å². The second-order valence-electron chi connectivity index (χ2n) is 4.42. The number of hydrogen-bond donors (Lipinski definition) is 3. The lowest BCUT2D eigenvalue weighted by Crippen LogP contribution is -2.47. The van der Waals surface area contributed by atoms with Crippen molar-refractivity contribution < 1.29 is 24.2 Å². The molecule has 0 bridgehead atoms. The molecule has 0 aliphatic rings. The average Bonchev–Trinajstić information content (AvgIpc) is 2.25. The molecule has 0 radical (unpaired) electrons. The molecule has 3 amide bonds. The highest BCUT2D eigenvalue weighted by atomic mass is 16.5. The van der Waals surface area contributed by atoms with Gasteiger partial charge < -0.3 is 25.8 Å². The summed E-state index contributed by atoms with van der Waals surface area (Å²) in [5.41, 5.74) is 4.94. The molecule has 8 heteroatoms. The van der Waals surface area contributed by atoms with E-state index in [0.29, 0.717) is 19.1 Å². The minimum absolute atomic E-state index is 0.237. The van der Waals surface area contributed by atoms with E-state index in [-0.39, 0.29) is 6.54 Å². The number of hydrogen-bond acceptors (Lipinski definition) is 4. The van der Waals surface area contributed by atoms with Gasteiger partial charge in [0.25, 0.3) is 0 Å². The molecule has 0 spiro atoms. The molecule has 0 heterocycles. The predicted octanol–water partition coefficient (Wildman–Crippen LogP) is -0.759. The van der Waals surface area contributed by atoms with Gasteiger partial charge in [-0.25, -0.2) is 4.79 Å². The molecule has 0 aromatic heterocycles. The number of carbonyl (C=O) groups is 3. The lowest BCUT2D eigenvalue weighted by Gasteiger charge is -2.19. The quantitative estimate of drug-likeness (QED) is 0.477. The van der Waals surface area contributed by atoms with E-state index in [9.17, 15) is 14.4 Å². The van der Waals surface area contributed by atoms with Crippen molar-refractivity contribution in [2.24, 2.45) is 11.7 Å². The van der Waals surface area contributed by atoms with Crippen LogP contribution in [0.3, 0.4) is 0 Å². The summed E-state index contributed by atoms with van der Waals surface area (Å²) in [6.07, 6.45) is 0. The summed E-state index contributed by atoms with van der Waals surface area (Å²) in [6.45, 7) is 4.12. The van der Waals surface area contributed by atoms with Gasteiger partial charge in [0, 0.05) is 13.2 Å². The molecule has 4 N–H and O–H groups in total. The normalized spacial score (nSPS) is 10.3. The van der Waals surface area contributed by atoms with Crippen molar-refractivity contribution in [2.45, 2.75) is 13.8 Å². The van der Waals surface area contributed by atoms with E-state index in [1.807, 2.05) is 13.8 Å². The highest BCUT2D eigenvalue weighted by molar-refractivity contribution is 5.85. The lowest BCUT2D eigenvalue weighted by molar-refractivity contribution is -0.137. The molecule has 8 nitrogen and oxygen atoms in total. The number of carboxylic acid groups (broad SMARTS) is 1. The number of carbonyl (C=O) groups excluding carboxylic acids is 2. The first kappa shape index (κ1) is 17.2. The third-order valence-electron chi connectivity index (χ3n) is 1.93. The van der Waals surface area contributed by atoms with Gasteiger partial charge in [0.1, 0.15) is 13.1 Å². The molecule has 0 aliphatic carbocycles. The van der Waals surface area contributed by atoms with Crippen molar-refractivity contribution >= 4 is 17.9 Å². The van der Waals surface area contributed by atoms with Crippen LogP contribution >= 0.6 is 0 Å². The summed E-state index contributed by atoms with van der Waals surface area (Å²) < 4.78 is 5.25. The predicted molar refractivity (Wildman–Crippen MR) is 67.5 cm³/mol. The smallest absolute Gasteiger partial charge is 0.323 e. The number of primary amides is 1. The Morgan fingerprint density at radius 1 is 1.32 bits per heavy atom. The van der Waals surface area contributed by atoms with Crippen molar-refractivity contribution in [2.75, 3.05) is 32.8 Å². The van der Waals surface area contributed by atoms with Crippen LogP contribution in [0.4, 0.5) is 4.79 Å². The van der Waals surface area contributed by atoms with E-state index in [0.717, 1.165) is 4.90 Å². The number of nitrogens with two attached hydrogens (primary N) is 1. The van der Waals surface area contributed by atoms with Crippen LogP contribution in [0.2, 0.25) is 0 Å². The number of amides is 3. The number of urea groups is 1. The van der Waals surface area contributed by atoms with Crippen molar-refractivity contribution in [1.29, 1.82) is 0 Å². The summed E-state index contributed by atoms with van der Waals surface area (Å²) in [7, 11) is 0. The molecule has 0 saturated heterocycles. The zero-order valence-electron chi connectivity index (χ0n) is 11.2. The largest absolute Gasteiger partial charge is 0.480 e. The fraction of sp³-hybridized carbons (Fsp3) is 0.727. The first-order chi connectivity index (χ1) is 8.82. The van der Waals surface area contributed by atoms with Crippen LogP contribution in [0.15, 0.2) is 0 Å². The molecule has 19 heavy (non-hydrogen) atoms. The van der Waals surface area contributed by atoms with Gasteiger partial charge in [0.05, 0.1) is 6.61 Å². The molecule has 0 aromatic carbocycles. The zero-order valence-corrected chi connectivity index (χ0v) is 11.2. The Labute approximate surface area is 111 Å². The molecule has 0 rings (SSSR count). The van der Waals surface area contributed by atoms with E-state index in [1.165, 1.54) is 0 Å². The van der Waals surface area contributed by atoms with Gasteiger partial charge in [-0.15, -0.1) is 0 Å². The Bertz CT molecular complexity index is 303. The number of nitrogens with zero attached hydrogens (tertiary/aromatic N) is 1. The number of aliphatic carboxylic acids is 1. The second-order valence-corrected chi connectivity index (χ2v) is 4.42. The fourth-order valence-electron chi connectivity index (χ4n) is 1.21. The third kappa shape index (κ3) is 9.83. The van der Waals surface area contributed by atoms with Crippen molar-refractivity contribution in [3.8, 4) is 0 Å². The zero-order chi connectivity index (χ0) is 14.8. The maximum Gasteiger partial charge on any atom is 0.323 e. The Kier molecular flexibility index (Phi) is 8.27. The van der Waals surface area contributed by atoms with E-state index < -0.39 is 31.0 Å². The van der Waals surface area contributed by atoms with Gasteiger partial charge in [0.15, 0.2) is 0 Å². The van der Waals surface area contributed by atoms with Gasteiger partial charge in [0.2, 0.25) is 5.91 Å². The van der Waals surface area contributed by atoms with E-state index in [2.05, 4.69) is 5.32 Å². The van der Waals surface area contributed by atoms with Crippen LogP contribution in [-0.2, 0) is 14.3 Å². The molecule has 110 valence electrons. The van der Waals surface area contributed by atoms with E-state index >= 15 is 0 Å². The molecular weight excluding hydrogens is 254 g/mol. The minimum atomic E-state index is -1.22. The average molecular weight is 275 g/mol. The number of rotatable bonds is 9. The topological polar surface area (TPSA) is 122 Å². The third-order valence-corrected chi connectivity index (χ3v) is 1.93. The molecule has 0 unspecified atom stereocenters. The highest BCUT2D eigenvalue weighted by Crippen LogP contribution is 1.92. The van der Waals surface area contributed by atoms with Crippen molar-refractivity contribution in [3.05, 3.63) is 0 Å². The molecular formula is C11H21N3O5. The number of ether oxygens (including phenoxy) is 1. The summed E-state index contributed by atoms with van der Waals surface area (Å²) in [6, 6.07) is -0.658. The van der Waals surface area contributed by atoms with Gasteiger partial charge in [-0.2, -0.15) is 0 Å². The summed E-state index contributed by atoms with van der Waals surface area (Å²) in [4.78, 5) is 33.7. The minimum Gasteiger partial charge on any atom is -0.480 e. The van der Waals surface area contributed by atoms with Crippen molar-refractivity contribution in [3.63, 3.8) is 0 Å². The van der Waals surface area contributed by atoms with E-state index in [4.69, 9.17) is 15.6 Å². The van der Waals surface area contributed by atoms with Crippen LogP contribution in [0.25, 0.3) is 0 Å². The van der Waals surface area contributed by atoms with Gasteiger partial charge in [-0.05, 0) is 5.92 Å². The van der Waals surface area contributed by atoms with Gasteiger partial charge in [-0.1, -0.05) is 13.8 Å². The standard InChI is InChI=1S/C11H21N3O5/c1-8(2)7-19-4-3-13-11(18)14(5-9(12)15)6-10(16)17/h8H,3-7H2,1-2H3,(H2,12,15)(H,13,18)(H,16,17). The SMILES string of the molecule is CC(C)COCCNC(=O)N(CC(N)=O)CC(=O)O. The Morgan fingerprint density at radius 3 is 2.42 bits per heavy atom. The number of carboxylic acids is 1. The number of nitrogens with one attached hydrogen (secondary N) is 1. The van der Waals surface area contributed by atoms with E-state index in [1.54, 1.807) is 0 Å². The van der Waals surface area contributed by atoms with Crippen LogP contribution in [-0.4, -0.2) is 60.8 Å². The van der Waals surface area contributed by atoms with Gasteiger partial charge in [-0.3, -0.25) is 9.59 Å². The maximum atomic E-state index is 11.6. The molecule has 0 atom stereocenters. The van der Waals surface area contributed by atoms with Crippen LogP contribution in [0.5, 0.6) is 0 Å². The Hall–Kier alpha value is -1.83. The van der Waals surface area contributed by atoms with Crippen LogP contribution in [0.1, 0.15) is 13.8 Å². The summed E-state index contributed by atoms with van der Waals surface area (Å²) in [5.74, 6) is -1.59. The molecule has 0 aromatic rings. The van der Waals surface area contributed by atoms with Gasteiger partial charge >= 0.3 is 12.0 Å². The monoisotopic (exact) mass is 275 g/mol. The van der Waals surface area contributed by atoms with Crippen LogP contribution in [0, 0.1) is 5.92 Å².